The summed E-state index contributed by atoms with van der Waals surface area (Å²) in [7, 11) is 0. The lowest BCUT2D eigenvalue weighted by Gasteiger charge is -1.97. The molecule has 64 valence electrons. The smallest absolute Gasteiger partial charge is 0.130 e. The Labute approximate surface area is 71.2 Å². The fraction of sp³-hybridized carbons (Fsp3) is 0.300. The van der Waals surface area contributed by atoms with Crippen LogP contribution < -0.4 is 0 Å². The molecular formula is C10H11FO. The SMILES string of the molecule is CC(=O)CCc1ccc(F)cc1. The molecule has 0 saturated heterocycles. The Bertz CT molecular complexity index is 264. The fourth-order valence-electron chi connectivity index (χ4n) is 0.971. The maximum absolute atomic E-state index is 12.4. The normalized spacial score (nSPS) is 9.83. The summed E-state index contributed by atoms with van der Waals surface area (Å²) in [5, 5.41) is 0. The summed E-state index contributed by atoms with van der Waals surface area (Å²) in [4.78, 5) is 10.6. The lowest BCUT2D eigenvalue weighted by molar-refractivity contribution is -0.116. The van der Waals surface area contributed by atoms with Crippen molar-refractivity contribution in [3.05, 3.63) is 35.6 Å². The zero-order chi connectivity index (χ0) is 8.97. The van der Waals surface area contributed by atoms with Gasteiger partial charge in [0.05, 0.1) is 0 Å². The molecule has 0 radical (unpaired) electrons. The lowest BCUT2D eigenvalue weighted by atomic mass is 10.1. The summed E-state index contributed by atoms with van der Waals surface area (Å²) in [5.41, 5.74) is 1.01. The predicted octanol–water partition coefficient (Wildman–Crippen LogP) is 2.35. The van der Waals surface area contributed by atoms with E-state index in [4.69, 9.17) is 0 Å². The highest BCUT2D eigenvalue weighted by molar-refractivity contribution is 5.75. The molecule has 2 heteroatoms. The molecular weight excluding hydrogens is 155 g/mol. The highest BCUT2D eigenvalue weighted by Crippen LogP contribution is 2.05. The van der Waals surface area contributed by atoms with Crippen molar-refractivity contribution >= 4 is 5.78 Å². The Kier molecular flexibility index (Phi) is 2.97. The summed E-state index contributed by atoms with van der Waals surface area (Å²) in [6.45, 7) is 1.56. The predicted molar refractivity (Wildman–Crippen MR) is 45.4 cm³/mol. The van der Waals surface area contributed by atoms with Crippen LogP contribution in [-0.4, -0.2) is 5.78 Å². The zero-order valence-electron chi connectivity index (χ0n) is 7.01. The summed E-state index contributed by atoms with van der Waals surface area (Å²) in [6, 6.07) is 6.24. The van der Waals surface area contributed by atoms with Gasteiger partial charge in [-0.2, -0.15) is 0 Å². The van der Waals surface area contributed by atoms with Crippen molar-refractivity contribution in [2.75, 3.05) is 0 Å². The van der Waals surface area contributed by atoms with Gasteiger partial charge in [-0.15, -0.1) is 0 Å². The second-order valence-electron chi connectivity index (χ2n) is 2.83. The van der Waals surface area contributed by atoms with Crippen LogP contribution in [0.3, 0.4) is 0 Å². The van der Waals surface area contributed by atoms with E-state index in [0.29, 0.717) is 12.8 Å². The van der Waals surface area contributed by atoms with Crippen LogP contribution in [0.25, 0.3) is 0 Å². The summed E-state index contributed by atoms with van der Waals surface area (Å²) in [5.74, 6) is -0.0686. The van der Waals surface area contributed by atoms with E-state index in [1.54, 1.807) is 19.1 Å². The van der Waals surface area contributed by atoms with Gasteiger partial charge in [0.15, 0.2) is 0 Å². The Hall–Kier alpha value is -1.18. The van der Waals surface area contributed by atoms with Crippen LogP contribution in [0.4, 0.5) is 4.39 Å². The summed E-state index contributed by atoms with van der Waals surface area (Å²) < 4.78 is 12.4. The highest BCUT2D eigenvalue weighted by atomic mass is 19.1. The van der Waals surface area contributed by atoms with Gasteiger partial charge in [0, 0.05) is 6.42 Å². The standard InChI is InChI=1S/C10H11FO/c1-8(12)2-3-9-4-6-10(11)7-5-9/h4-7H,2-3H2,1H3. The zero-order valence-corrected chi connectivity index (χ0v) is 7.01. The van der Waals surface area contributed by atoms with Crippen molar-refractivity contribution in [3.63, 3.8) is 0 Å². The Balaban J connectivity index is 2.53. The van der Waals surface area contributed by atoms with Crippen molar-refractivity contribution in [1.82, 2.24) is 0 Å². The van der Waals surface area contributed by atoms with E-state index >= 15 is 0 Å². The Morgan fingerprint density at radius 3 is 2.42 bits per heavy atom. The average Bonchev–Trinajstić information content (AvgIpc) is 2.03. The van der Waals surface area contributed by atoms with Crippen molar-refractivity contribution in [3.8, 4) is 0 Å². The molecule has 0 heterocycles. The van der Waals surface area contributed by atoms with Crippen LogP contribution in [-0.2, 0) is 11.2 Å². The molecule has 1 nitrogen and oxygen atoms in total. The minimum Gasteiger partial charge on any atom is -0.300 e. The number of hydrogen-bond acceptors (Lipinski definition) is 1. The molecule has 0 amide bonds. The van der Waals surface area contributed by atoms with E-state index in [9.17, 15) is 9.18 Å². The number of aryl methyl sites for hydroxylation is 1. The van der Waals surface area contributed by atoms with Gasteiger partial charge in [0.2, 0.25) is 0 Å². The molecule has 0 bridgehead atoms. The Morgan fingerprint density at radius 2 is 1.92 bits per heavy atom. The third kappa shape index (κ3) is 2.82. The van der Waals surface area contributed by atoms with Gasteiger partial charge in [-0.1, -0.05) is 12.1 Å². The van der Waals surface area contributed by atoms with Gasteiger partial charge in [-0.3, -0.25) is 0 Å². The number of ketones is 1. The molecule has 0 N–H and O–H groups in total. The quantitative estimate of drug-likeness (QED) is 0.673. The molecule has 1 rings (SSSR count). The molecule has 0 saturated carbocycles. The van der Waals surface area contributed by atoms with Crippen LogP contribution in [0.15, 0.2) is 24.3 Å². The summed E-state index contributed by atoms with van der Waals surface area (Å²) >= 11 is 0. The number of carbonyl (C=O) groups is 1. The molecule has 0 spiro atoms. The monoisotopic (exact) mass is 166 g/mol. The lowest BCUT2D eigenvalue weighted by Crippen LogP contribution is -1.93. The number of benzene rings is 1. The molecule has 0 aliphatic heterocycles. The van der Waals surface area contributed by atoms with Crippen molar-refractivity contribution in [2.24, 2.45) is 0 Å². The number of hydrogen-bond donors (Lipinski definition) is 0. The second kappa shape index (κ2) is 4.00. The fourth-order valence-corrected chi connectivity index (χ4v) is 0.971. The van der Waals surface area contributed by atoms with Crippen LogP contribution in [0, 0.1) is 5.82 Å². The van der Waals surface area contributed by atoms with Gasteiger partial charge in [-0.25, -0.2) is 4.39 Å². The highest BCUT2D eigenvalue weighted by Gasteiger charge is 1.96. The van der Waals surface area contributed by atoms with Crippen molar-refractivity contribution in [1.29, 1.82) is 0 Å². The molecule has 1 aromatic carbocycles. The molecule has 0 aromatic heterocycles. The van der Waals surface area contributed by atoms with Gasteiger partial charge >= 0.3 is 0 Å². The van der Waals surface area contributed by atoms with Gasteiger partial charge in [0.25, 0.3) is 0 Å². The van der Waals surface area contributed by atoms with Crippen LogP contribution in [0.2, 0.25) is 0 Å². The van der Waals surface area contributed by atoms with E-state index in [2.05, 4.69) is 0 Å². The molecule has 1 aromatic rings. The van der Waals surface area contributed by atoms with E-state index < -0.39 is 0 Å². The van der Waals surface area contributed by atoms with E-state index in [0.717, 1.165) is 5.56 Å². The van der Waals surface area contributed by atoms with Crippen LogP contribution in [0.5, 0.6) is 0 Å². The number of carbonyl (C=O) groups excluding carboxylic acids is 1. The first-order valence-corrected chi connectivity index (χ1v) is 3.92. The first kappa shape index (κ1) is 8.91. The van der Waals surface area contributed by atoms with Gasteiger partial charge < -0.3 is 4.79 Å². The van der Waals surface area contributed by atoms with Crippen LogP contribution >= 0.6 is 0 Å². The third-order valence-corrected chi connectivity index (χ3v) is 1.68. The molecule has 0 aliphatic carbocycles. The molecule has 12 heavy (non-hydrogen) atoms. The third-order valence-electron chi connectivity index (χ3n) is 1.68. The number of rotatable bonds is 3. The first-order valence-electron chi connectivity index (χ1n) is 3.92. The molecule has 0 fully saturated rings. The molecule has 0 atom stereocenters. The maximum atomic E-state index is 12.4. The van der Waals surface area contributed by atoms with Crippen molar-refractivity contribution in [2.45, 2.75) is 19.8 Å². The van der Waals surface area contributed by atoms with Gasteiger partial charge in [-0.05, 0) is 31.0 Å². The maximum Gasteiger partial charge on any atom is 0.130 e. The van der Waals surface area contributed by atoms with E-state index in [1.807, 2.05) is 0 Å². The largest absolute Gasteiger partial charge is 0.300 e. The minimum atomic E-state index is -0.235. The van der Waals surface area contributed by atoms with E-state index in [1.165, 1.54) is 12.1 Å². The Morgan fingerprint density at radius 1 is 1.33 bits per heavy atom. The van der Waals surface area contributed by atoms with E-state index in [-0.39, 0.29) is 11.6 Å². The minimum absolute atomic E-state index is 0.166. The second-order valence-corrected chi connectivity index (χ2v) is 2.83. The van der Waals surface area contributed by atoms with Crippen molar-refractivity contribution < 1.29 is 9.18 Å². The topological polar surface area (TPSA) is 17.1 Å². The number of Topliss-reactive ketones (excluding diaryl/α,β-unsaturated/α-hetero) is 1. The molecule has 0 unspecified atom stereocenters. The first-order chi connectivity index (χ1) is 5.68. The average molecular weight is 166 g/mol. The van der Waals surface area contributed by atoms with Gasteiger partial charge in [0.1, 0.15) is 11.6 Å². The summed E-state index contributed by atoms with van der Waals surface area (Å²) in [6.07, 6.45) is 1.24. The van der Waals surface area contributed by atoms with Crippen LogP contribution in [0.1, 0.15) is 18.9 Å². The molecule has 0 aliphatic rings. The number of halogens is 1.